The van der Waals surface area contributed by atoms with E-state index in [1.165, 1.54) is 50.6 Å². The van der Waals surface area contributed by atoms with E-state index in [0.29, 0.717) is 0 Å². The van der Waals surface area contributed by atoms with E-state index in [1.54, 1.807) is 0 Å². The van der Waals surface area contributed by atoms with Crippen LogP contribution in [-0.2, 0) is 6.54 Å². The normalized spacial score (nSPS) is 11.7. The molecule has 2 heteroatoms. The highest BCUT2D eigenvalue weighted by Gasteiger charge is 2.14. The van der Waals surface area contributed by atoms with Crippen molar-refractivity contribution in [2.24, 2.45) is 5.73 Å². The number of benzene rings is 1. The summed E-state index contributed by atoms with van der Waals surface area (Å²) in [4.78, 5) is 0. The fourth-order valence-corrected chi connectivity index (χ4v) is 2.55. The van der Waals surface area contributed by atoms with Gasteiger partial charge in [0.15, 0.2) is 0 Å². The first kappa shape index (κ1) is 16.2. The van der Waals surface area contributed by atoms with Crippen molar-refractivity contribution in [1.82, 2.24) is 0 Å². The van der Waals surface area contributed by atoms with Gasteiger partial charge in [-0.15, -0.1) is 0 Å². The highest BCUT2D eigenvalue weighted by molar-refractivity contribution is 5.13. The zero-order valence-electron chi connectivity index (χ0n) is 12.8. The van der Waals surface area contributed by atoms with Gasteiger partial charge in [0.25, 0.3) is 0 Å². The van der Waals surface area contributed by atoms with Gasteiger partial charge < -0.3 is 10.2 Å². The Hall–Kier alpha value is -0.860. The summed E-state index contributed by atoms with van der Waals surface area (Å²) in [6, 6.07) is 10.8. The molecule has 108 valence electrons. The molecule has 0 spiro atoms. The van der Waals surface area contributed by atoms with Crippen molar-refractivity contribution in [3.63, 3.8) is 0 Å². The highest BCUT2D eigenvalue weighted by atomic mass is 15.3. The van der Waals surface area contributed by atoms with Gasteiger partial charge in [0.05, 0.1) is 20.6 Å². The van der Waals surface area contributed by atoms with E-state index in [-0.39, 0.29) is 0 Å². The molecule has 0 saturated heterocycles. The molecule has 1 rings (SSSR count). The molecule has 0 aromatic heterocycles. The minimum Gasteiger partial charge on any atom is -0.330 e. The van der Waals surface area contributed by atoms with Crippen LogP contribution in [0.2, 0.25) is 0 Å². The Balaban J connectivity index is 2.13. The summed E-state index contributed by atoms with van der Waals surface area (Å²) in [7, 11) is 4.67. The number of hydrogen-bond donors (Lipinski definition) is 1. The second-order valence-corrected chi connectivity index (χ2v) is 6.21. The lowest BCUT2D eigenvalue weighted by molar-refractivity contribution is -0.903. The highest BCUT2D eigenvalue weighted by Crippen LogP contribution is 2.12. The van der Waals surface area contributed by atoms with E-state index in [4.69, 9.17) is 5.73 Å². The van der Waals surface area contributed by atoms with E-state index in [9.17, 15) is 0 Å². The van der Waals surface area contributed by atoms with Crippen molar-refractivity contribution in [2.75, 3.05) is 27.2 Å². The zero-order valence-corrected chi connectivity index (χ0v) is 12.8. The van der Waals surface area contributed by atoms with Crippen LogP contribution in [0.25, 0.3) is 0 Å². The van der Waals surface area contributed by atoms with Crippen molar-refractivity contribution in [2.45, 2.75) is 45.1 Å². The average Bonchev–Trinajstić information content (AvgIpc) is 2.38. The van der Waals surface area contributed by atoms with Gasteiger partial charge in [0.2, 0.25) is 0 Å². The van der Waals surface area contributed by atoms with Gasteiger partial charge in [0, 0.05) is 5.56 Å². The van der Waals surface area contributed by atoms with Gasteiger partial charge in [-0.1, -0.05) is 49.6 Å². The molecule has 0 saturated carbocycles. The van der Waals surface area contributed by atoms with E-state index in [0.717, 1.165) is 17.6 Å². The molecule has 0 radical (unpaired) electrons. The molecule has 0 aliphatic rings. The monoisotopic (exact) mass is 263 g/mol. The first-order valence-corrected chi connectivity index (χ1v) is 7.70. The Labute approximate surface area is 119 Å². The van der Waals surface area contributed by atoms with Crippen molar-refractivity contribution in [1.29, 1.82) is 0 Å². The summed E-state index contributed by atoms with van der Waals surface area (Å²) in [5, 5.41) is 0. The summed E-state index contributed by atoms with van der Waals surface area (Å²) in [5.41, 5.74) is 6.94. The first-order valence-electron chi connectivity index (χ1n) is 7.70. The summed E-state index contributed by atoms with van der Waals surface area (Å²) < 4.78 is 1.09. The molecule has 0 aliphatic heterocycles. The topological polar surface area (TPSA) is 26.0 Å². The molecule has 0 unspecified atom stereocenters. The molecule has 0 amide bonds. The Kier molecular flexibility index (Phi) is 7.76. The third kappa shape index (κ3) is 8.02. The molecule has 2 N–H and O–H groups in total. The Bertz CT molecular complexity index is 319. The van der Waals surface area contributed by atoms with Gasteiger partial charge in [-0.05, 0) is 25.8 Å². The Morgan fingerprint density at radius 2 is 1.42 bits per heavy atom. The number of nitrogens with two attached hydrogens (primary N) is 1. The lowest BCUT2D eigenvalue weighted by Crippen LogP contribution is -2.39. The van der Waals surface area contributed by atoms with Crippen LogP contribution < -0.4 is 5.73 Å². The van der Waals surface area contributed by atoms with Crippen LogP contribution in [0, 0.1) is 0 Å². The molecule has 0 fully saturated rings. The molecule has 0 aliphatic carbocycles. The Morgan fingerprint density at radius 1 is 0.842 bits per heavy atom. The lowest BCUT2D eigenvalue weighted by Gasteiger charge is -2.30. The molecule has 2 nitrogen and oxygen atoms in total. The van der Waals surface area contributed by atoms with Gasteiger partial charge in [-0.25, -0.2) is 0 Å². The Morgan fingerprint density at radius 3 is 2.05 bits per heavy atom. The summed E-state index contributed by atoms with van der Waals surface area (Å²) >= 11 is 0. The second-order valence-electron chi connectivity index (χ2n) is 6.21. The molecule has 19 heavy (non-hydrogen) atoms. The van der Waals surface area contributed by atoms with E-state index in [2.05, 4.69) is 44.4 Å². The minimum absolute atomic E-state index is 0.848. The predicted molar refractivity (Wildman–Crippen MR) is 83.9 cm³/mol. The van der Waals surface area contributed by atoms with E-state index < -0.39 is 0 Å². The van der Waals surface area contributed by atoms with Crippen LogP contribution in [0.15, 0.2) is 30.3 Å². The largest absolute Gasteiger partial charge is 0.330 e. The van der Waals surface area contributed by atoms with Crippen LogP contribution in [0.5, 0.6) is 0 Å². The summed E-state index contributed by atoms with van der Waals surface area (Å²) in [5.74, 6) is 0. The van der Waals surface area contributed by atoms with Crippen LogP contribution in [0.4, 0.5) is 0 Å². The van der Waals surface area contributed by atoms with Crippen molar-refractivity contribution >= 4 is 0 Å². The molecular weight excluding hydrogens is 232 g/mol. The third-order valence-corrected chi connectivity index (χ3v) is 3.67. The number of nitrogens with zero attached hydrogens (tertiary/aromatic N) is 1. The lowest BCUT2D eigenvalue weighted by atomic mass is 10.1. The van der Waals surface area contributed by atoms with E-state index >= 15 is 0 Å². The smallest absolute Gasteiger partial charge is 0.104 e. The summed E-state index contributed by atoms with van der Waals surface area (Å²) in [6.07, 6.45) is 7.91. The first-order chi connectivity index (χ1) is 9.14. The van der Waals surface area contributed by atoms with Crippen LogP contribution in [-0.4, -0.2) is 31.7 Å². The quantitative estimate of drug-likeness (QED) is 0.507. The number of unbranched alkanes of at least 4 members (excludes halogenated alkanes) is 5. The second kappa shape index (κ2) is 9.11. The van der Waals surface area contributed by atoms with Gasteiger partial charge in [0.1, 0.15) is 6.54 Å². The fraction of sp³-hybridized carbons (Fsp3) is 0.647. The van der Waals surface area contributed by atoms with Gasteiger partial charge >= 0.3 is 0 Å². The molecule has 0 heterocycles. The maximum Gasteiger partial charge on any atom is 0.104 e. The SMILES string of the molecule is C[N+](C)(CCCCCCCCN)Cc1ccccc1. The molecule has 1 aromatic rings. The van der Waals surface area contributed by atoms with Gasteiger partial charge in [-0.3, -0.25) is 0 Å². The van der Waals surface area contributed by atoms with Crippen LogP contribution >= 0.6 is 0 Å². The number of rotatable bonds is 10. The third-order valence-electron chi connectivity index (χ3n) is 3.67. The molecule has 0 atom stereocenters. The van der Waals surface area contributed by atoms with Gasteiger partial charge in [-0.2, -0.15) is 0 Å². The van der Waals surface area contributed by atoms with Crippen LogP contribution in [0.1, 0.15) is 44.1 Å². The number of hydrogen-bond acceptors (Lipinski definition) is 1. The van der Waals surface area contributed by atoms with Crippen LogP contribution in [0.3, 0.4) is 0 Å². The minimum atomic E-state index is 0.848. The fourth-order valence-electron chi connectivity index (χ4n) is 2.55. The number of quaternary nitrogens is 1. The van der Waals surface area contributed by atoms with Crippen molar-refractivity contribution in [3.8, 4) is 0 Å². The molecular formula is C17H31N2+. The predicted octanol–water partition coefficient (Wildman–Crippen LogP) is 3.56. The maximum atomic E-state index is 5.50. The molecule has 1 aromatic carbocycles. The standard InChI is InChI=1S/C17H31N2/c1-19(2,16-17-12-8-7-9-13-17)15-11-6-4-3-5-10-14-18/h7-9,12-13H,3-6,10-11,14-16,18H2,1-2H3/q+1. The maximum absolute atomic E-state index is 5.50. The van der Waals surface area contributed by atoms with Crippen molar-refractivity contribution in [3.05, 3.63) is 35.9 Å². The summed E-state index contributed by atoms with van der Waals surface area (Å²) in [6.45, 7) is 3.25. The van der Waals surface area contributed by atoms with E-state index in [1.807, 2.05) is 0 Å². The molecule has 0 bridgehead atoms. The average molecular weight is 263 g/mol. The zero-order chi connectivity index (χ0) is 14.0. The van der Waals surface area contributed by atoms with Crippen molar-refractivity contribution < 1.29 is 4.48 Å².